The summed E-state index contributed by atoms with van der Waals surface area (Å²) in [7, 11) is 0. The fourth-order valence-corrected chi connectivity index (χ4v) is 4.29. The van der Waals surface area contributed by atoms with Gasteiger partial charge in [0.05, 0.1) is 0 Å². The van der Waals surface area contributed by atoms with Gasteiger partial charge >= 0.3 is 0 Å². The second-order valence-electron chi connectivity index (χ2n) is 5.01. The van der Waals surface area contributed by atoms with Crippen LogP contribution >= 0.6 is 0 Å². The van der Waals surface area contributed by atoms with E-state index in [1.54, 1.807) is 0 Å². The Balaban J connectivity index is 1.99. The number of hydrogen-bond donors (Lipinski definition) is 2. The normalized spacial score (nSPS) is 60.5. The zero-order valence-corrected chi connectivity index (χ0v) is 7.29. The van der Waals surface area contributed by atoms with E-state index >= 15 is 0 Å². The topological polar surface area (TPSA) is 40.5 Å². The Hall–Kier alpha value is -0.0800. The molecule has 2 nitrogen and oxygen atoms in total. The van der Waals surface area contributed by atoms with E-state index in [1.165, 1.54) is 19.3 Å². The molecule has 2 bridgehead atoms. The van der Waals surface area contributed by atoms with Crippen LogP contribution in [-0.4, -0.2) is 23.4 Å². The SMILES string of the molecule is OC[C@@]12C[C@]1(CO)[C@H]1CC[C@H]2C1. The third-order valence-electron chi connectivity index (χ3n) is 5.06. The summed E-state index contributed by atoms with van der Waals surface area (Å²) >= 11 is 0. The van der Waals surface area contributed by atoms with E-state index in [2.05, 4.69) is 0 Å². The summed E-state index contributed by atoms with van der Waals surface area (Å²) < 4.78 is 0. The molecule has 0 radical (unpaired) electrons. The number of hydrogen-bond acceptors (Lipinski definition) is 2. The molecule has 0 spiro atoms. The lowest BCUT2D eigenvalue weighted by molar-refractivity contribution is 0.0791. The van der Waals surface area contributed by atoms with Gasteiger partial charge in [-0.1, -0.05) is 0 Å². The Morgan fingerprint density at radius 3 is 1.92 bits per heavy atom. The molecule has 2 heteroatoms. The van der Waals surface area contributed by atoms with Gasteiger partial charge < -0.3 is 10.2 Å². The smallest absolute Gasteiger partial charge is 0.0496 e. The second-order valence-corrected chi connectivity index (χ2v) is 5.01. The molecule has 0 unspecified atom stereocenters. The van der Waals surface area contributed by atoms with E-state index in [4.69, 9.17) is 0 Å². The zero-order chi connectivity index (χ0) is 8.40. The third kappa shape index (κ3) is 0.495. The van der Waals surface area contributed by atoms with Crippen LogP contribution in [-0.2, 0) is 0 Å². The Morgan fingerprint density at radius 2 is 1.50 bits per heavy atom. The third-order valence-corrected chi connectivity index (χ3v) is 5.06. The molecular formula is C10H16O2. The summed E-state index contributed by atoms with van der Waals surface area (Å²) in [6.07, 6.45) is 4.98. The van der Waals surface area contributed by atoms with E-state index in [-0.39, 0.29) is 10.8 Å². The zero-order valence-electron chi connectivity index (χ0n) is 7.29. The molecule has 4 atom stereocenters. The fraction of sp³-hybridized carbons (Fsp3) is 1.00. The first kappa shape index (κ1) is 7.34. The van der Waals surface area contributed by atoms with E-state index < -0.39 is 0 Å². The van der Waals surface area contributed by atoms with Crippen LogP contribution in [0.1, 0.15) is 25.7 Å². The summed E-state index contributed by atoms with van der Waals surface area (Å²) in [6, 6.07) is 0. The average Bonchev–Trinajstić information content (AvgIpc) is 2.47. The second kappa shape index (κ2) is 1.88. The predicted molar refractivity (Wildman–Crippen MR) is 44.5 cm³/mol. The van der Waals surface area contributed by atoms with Gasteiger partial charge in [0, 0.05) is 24.0 Å². The van der Waals surface area contributed by atoms with E-state index in [1.807, 2.05) is 0 Å². The Labute approximate surface area is 72.6 Å². The minimum Gasteiger partial charge on any atom is -0.396 e. The molecule has 0 amide bonds. The summed E-state index contributed by atoms with van der Waals surface area (Å²) in [6.45, 7) is 0.628. The van der Waals surface area contributed by atoms with Crippen molar-refractivity contribution in [1.29, 1.82) is 0 Å². The van der Waals surface area contributed by atoms with Crippen LogP contribution in [0.15, 0.2) is 0 Å². The Bertz CT molecular complexity index is 206. The number of aliphatic hydroxyl groups excluding tert-OH is 2. The van der Waals surface area contributed by atoms with Gasteiger partial charge in [0.15, 0.2) is 0 Å². The van der Waals surface area contributed by atoms with Crippen molar-refractivity contribution in [3.05, 3.63) is 0 Å². The fourth-order valence-electron chi connectivity index (χ4n) is 4.29. The molecule has 2 N–H and O–H groups in total. The molecule has 68 valence electrons. The molecule has 0 aromatic heterocycles. The van der Waals surface area contributed by atoms with Crippen molar-refractivity contribution in [2.75, 3.05) is 13.2 Å². The van der Waals surface area contributed by atoms with Gasteiger partial charge in [0.1, 0.15) is 0 Å². The number of aliphatic hydroxyl groups is 2. The minimum absolute atomic E-state index is 0.171. The number of fused-ring (bicyclic) bond motifs is 5. The van der Waals surface area contributed by atoms with Crippen LogP contribution in [0.4, 0.5) is 0 Å². The van der Waals surface area contributed by atoms with Crippen LogP contribution in [0.25, 0.3) is 0 Å². The first-order chi connectivity index (χ1) is 5.79. The highest BCUT2D eigenvalue weighted by molar-refractivity contribution is 5.26. The molecule has 0 saturated heterocycles. The molecule has 3 rings (SSSR count). The lowest BCUT2D eigenvalue weighted by atomic mass is 9.80. The standard InChI is InChI=1S/C10H16O2/c11-5-9-4-10(9,6-12)8-2-1-7(9)3-8/h7-8,11-12H,1-6H2/t7-,8-,9-,10+/m0/s1. The van der Waals surface area contributed by atoms with Crippen molar-refractivity contribution in [1.82, 2.24) is 0 Å². The molecule has 3 fully saturated rings. The van der Waals surface area contributed by atoms with Gasteiger partial charge in [-0.25, -0.2) is 0 Å². The first-order valence-electron chi connectivity index (χ1n) is 5.01. The van der Waals surface area contributed by atoms with Gasteiger partial charge in [-0.15, -0.1) is 0 Å². The molecule has 3 aliphatic rings. The lowest BCUT2D eigenvalue weighted by Crippen LogP contribution is -2.27. The van der Waals surface area contributed by atoms with Crippen molar-refractivity contribution >= 4 is 0 Å². The van der Waals surface area contributed by atoms with Gasteiger partial charge in [0.25, 0.3) is 0 Å². The lowest BCUT2D eigenvalue weighted by Gasteiger charge is -2.26. The summed E-state index contributed by atoms with van der Waals surface area (Å²) in [5, 5.41) is 18.7. The molecule has 0 aromatic rings. The van der Waals surface area contributed by atoms with Gasteiger partial charge in [-0.05, 0) is 37.5 Å². The van der Waals surface area contributed by atoms with E-state index in [0.717, 1.165) is 18.3 Å². The molecule has 0 aromatic carbocycles. The monoisotopic (exact) mass is 168 g/mol. The summed E-state index contributed by atoms with van der Waals surface area (Å²) in [5.74, 6) is 1.47. The molecule has 0 heterocycles. The molecule has 0 aliphatic heterocycles. The van der Waals surface area contributed by atoms with Crippen molar-refractivity contribution in [2.24, 2.45) is 22.7 Å². The maximum atomic E-state index is 9.37. The van der Waals surface area contributed by atoms with Crippen molar-refractivity contribution in [3.8, 4) is 0 Å². The van der Waals surface area contributed by atoms with Crippen LogP contribution in [0, 0.1) is 22.7 Å². The van der Waals surface area contributed by atoms with Gasteiger partial charge in [0.2, 0.25) is 0 Å². The molecule has 12 heavy (non-hydrogen) atoms. The Morgan fingerprint density at radius 1 is 1.00 bits per heavy atom. The minimum atomic E-state index is 0.171. The van der Waals surface area contributed by atoms with E-state index in [0.29, 0.717) is 13.2 Å². The van der Waals surface area contributed by atoms with Gasteiger partial charge in [-0.3, -0.25) is 0 Å². The van der Waals surface area contributed by atoms with E-state index in [9.17, 15) is 10.2 Å². The first-order valence-corrected chi connectivity index (χ1v) is 5.01. The summed E-state index contributed by atoms with van der Waals surface area (Å²) in [4.78, 5) is 0. The average molecular weight is 168 g/mol. The highest BCUT2D eigenvalue weighted by Crippen LogP contribution is 2.81. The maximum Gasteiger partial charge on any atom is 0.0496 e. The van der Waals surface area contributed by atoms with Crippen molar-refractivity contribution in [3.63, 3.8) is 0 Å². The summed E-state index contributed by atoms with van der Waals surface area (Å²) in [5.41, 5.74) is 0.343. The highest BCUT2D eigenvalue weighted by Gasteiger charge is 2.78. The van der Waals surface area contributed by atoms with Crippen LogP contribution < -0.4 is 0 Å². The number of rotatable bonds is 2. The van der Waals surface area contributed by atoms with Crippen molar-refractivity contribution < 1.29 is 10.2 Å². The Kier molecular flexibility index (Phi) is 1.15. The largest absolute Gasteiger partial charge is 0.396 e. The van der Waals surface area contributed by atoms with Crippen LogP contribution in [0.3, 0.4) is 0 Å². The molecular weight excluding hydrogens is 152 g/mol. The van der Waals surface area contributed by atoms with Crippen molar-refractivity contribution in [2.45, 2.75) is 25.7 Å². The van der Waals surface area contributed by atoms with Gasteiger partial charge in [-0.2, -0.15) is 0 Å². The molecule has 3 saturated carbocycles. The quantitative estimate of drug-likeness (QED) is 0.639. The van der Waals surface area contributed by atoms with Crippen LogP contribution in [0.5, 0.6) is 0 Å². The predicted octanol–water partition coefficient (Wildman–Crippen LogP) is 0.777. The maximum absolute atomic E-state index is 9.37. The van der Waals surface area contributed by atoms with Crippen LogP contribution in [0.2, 0.25) is 0 Å². The highest BCUT2D eigenvalue weighted by atomic mass is 16.3. The molecule has 3 aliphatic carbocycles.